The number of phenolic OH excluding ortho intramolecular Hbond substituents is 1. The second-order valence-corrected chi connectivity index (χ2v) is 4.74. The Hall–Kier alpha value is -0.830. The van der Waals surface area contributed by atoms with Gasteiger partial charge in [-0.1, -0.05) is 18.6 Å². The second-order valence-electron chi connectivity index (χ2n) is 3.95. The quantitative estimate of drug-likeness (QED) is 0.848. The van der Waals surface area contributed by atoms with Crippen LogP contribution in [-0.4, -0.2) is 10.9 Å². The first kappa shape index (κ1) is 10.7. The van der Waals surface area contributed by atoms with Gasteiger partial charge in [-0.05, 0) is 40.4 Å². The molecule has 0 radical (unpaired) electrons. The molecule has 1 unspecified atom stereocenters. The average Bonchev–Trinajstić information content (AvgIpc) is 2.23. The van der Waals surface area contributed by atoms with Gasteiger partial charge in [-0.3, -0.25) is 4.79 Å². The van der Waals surface area contributed by atoms with Crippen molar-refractivity contribution < 1.29 is 9.90 Å². The van der Waals surface area contributed by atoms with Crippen LogP contribution in [0.5, 0.6) is 5.75 Å². The van der Waals surface area contributed by atoms with Crippen molar-refractivity contribution in [1.29, 1.82) is 0 Å². The number of Topliss-reactive ketones (excluding diaryl/α,β-unsaturated/α-hetero) is 1. The predicted molar refractivity (Wildman–Crippen MR) is 62.0 cm³/mol. The molecular weight excluding hydrogens is 256 g/mol. The van der Waals surface area contributed by atoms with Crippen LogP contribution in [0.15, 0.2) is 22.7 Å². The highest BCUT2D eigenvalue weighted by molar-refractivity contribution is 9.10. The predicted octanol–water partition coefficient (Wildman–Crippen LogP) is 3.38. The summed E-state index contributed by atoms with van der Waals surface area (Å²) in [6.45, 7) is 0. The fourth-order valence-electron chi connectivity index (χ4n) is 2.12. The van der Waals surface area contributed by atoms with Gasteiger partial charge in [0.25, 0.3) is 0 Å². The summed E-state index contributed by atoms with van der Waals surface area (Å²) in [5.74, 6) is 0.485. The number of halogens is 1. The molecule has 0 bridgehead atoms. The third-order valence-electron chi connectivity index (χ3n) is 2.94. The Kier molecular flexibility index (Phi) is 3.10. The van der Waals surface area contributed by atoms with Crippen molar-refractivity contribution >= 4 is 21.7 Å². The minimum Gasteiger partial charge on any atom is -0.507 e. The Balaban J connectivity index is 2.35. The Labute approximate surface area is 97.4 Å². The first-order chi connectivity index (χ1) is 7.20. The lowest BCUT2D eigenvalue weighted by molar-refractivity contribution is -0.121. The second kappa shape index (κ2) is 4.35. The molecule has 1 fully saturated rings. The molecule has 1 N–H and O–H groups in total. The molecule has 0 spiro atoms. The molecule has 1 atom stereocenters. The van der Waals surface area contributed by atoms with Crippen LogP contribution >= 0.6 is 15.9 Å². The normalized spacial score (nSPS) is 21.7. The first-order valence-corrected chi connectivity index (χ1v) is 5.99. The van der Waals surface area contributed by atoms with Gasteiger partial charge in [-0.25, -0.2) is 0 Å². The van der Waals surface area contributed by atoms with E-state index in [2.05, 4.69) is 15.9 Å². The monoisotopic (exact) mass is 268 g/mol. The minimum absolute atomic E-state index is 0.0276. The lowest BCUT2D eigenvalue weighted by atomic mass is 9.83. The van der Waals surface area contributed by atoms with Crippen LogP contribution in [0.1, 0.15) is 37.2 Å². The van der Waals surface area contributed by atoms with Gasteiger partial charge in [-0.15, -0.1) is 0 Å². The maximum Gasteiger partial charge on any atom is 0.140 e. The Morgan fingerprint density at radius 1 is 1.33 bits per heavy atom. The highest BCUT2D eigenvalue weighted by Crippen LogP contribution is 2.37. The molecule has 80 valence electrons. The third kappa shape index (κ3) is 2.07. The summed E-state index contributed by atoms with van der Waals surface area (Å²) < 4.78 is 0.672. The number of carbonyl (C=O) groups is 1. The van der Waals surface area contributed by atoms with E-state index in [0.29, 0.717) is 16.7 Å². The van der Waals surface area contributed by atoms with Crippen molar-refractivity contribution in [1.82, 2.24) is 0 Å². The largest absolute Gasteiger partial charge is 0.507 e. The van der Waals surface area contributed by atoms with Crippen molar-refractivity contribution in [3.63, 3.8) is 0 Å². The molecule has 1 aliphatic carbocycles. The SMILES string of the molecule is O=C1CCCCC1c1cccc(O)c1Br. The van der Waals surface area contributed by atoms with Gasteiger partial charge >= 0.3 is 0 Å². The van der Waals surface area contributed by atoms with Crippen molar-refractivity contribution in [2.24, 2.45) is 0 Å². The van der Waals surface area contributed by atoms with E-state index >= 15 is 0 Å². The fourth-order valence-corrected chi connectivity index (χ4v) is 2.66. The molecule has 2 nitrogen and oxygen atoms in total. The maximum absolute atomic E-state index is 11.8. The van der Waals surface area contributed by atoms with Crippen LogP contribution in [0.3, 0.4) is 0 Å². The number of ketones is 1. The van der Waals surface area contributed by atoms with Crippen LogP contribution in [0.4, 0.5) is 0 Å². The summed E-state index contributed by atoms with van der Waals surface area (Å²) in [6, 6.07) is 5.33. The van der Waals surface area contributed by atoms with E-state index in [4.69, 9.17) is 0 Å². The summed E-state index contributed by atoms with van der Waals surface area (Å²) in [6.07, 6.45) is 3.68. The van der Waals surface area contributed by atoms with Crippen molar-refractivity contribution in [3.8, 4) is 5.75 Å². The zero-order chi connectivity index (χ0) is 10.8. The van der Waals surface area contributed by atoms with Gasteiger partial charge in [0.15, 0.2) is 0 Å². The number of benzene rings is 1. The number of carbonyl (C=O) groups excluding carboxylic acids is 1. The highest BCUT2D eigenvalue weighted by Gasteiger charge is 2.26. The molecule has 1 aliphatic rings. The van der Waals surface area contributed by atoms with Crippen LogP contribution in [0.2, 0.25) is 0 Å². The third-order valence-corrected chi connectivity index (χ3v) is 3.80. The Morgan fingerprint density at radius 2 is 2.13 bits per heavy atom. The van der Waals surface area contributed by atoms with Crippen LogP contribution in [0, 0.1) is 0 Å². The van der Waals surface area contributed by atoms with Gasteiger partial charge in [-0.2, -0.15) is 0 Å². The number of rotatable bonds is 1. The molecular formula is C12H13BrO2. The van der Waals surface area contributed by atoms with E-state index in [-0.39, 0.29) is 11.7 Å². The van der Waals surface area contributed by atoms with E-state index < -0.39 is 0 Å². The lowest BCUT2D eigenvalue weighted by Gasteiger charge is -2.22. The summed E-state index contributed by atoms with van der Waals surface area (Å²) in [4.78, 5) is 11.8. The van der Waals surface area contributed by atoms with E-state index in [9.17, 15) is 9.90 Å². The molecule has 3 heteroatoms. The fraction of sp³-hybridized carbons (Fsp3) is 0.417. The molecule has 1 aromatic carbocycles. The van der Waals surface area contributed by atoms with Crippen LogP contribution in [-0.2, 0) is 4.79 Å². The molecule has 0 saturated heterocycles. The zero-order valence-electron chi connectivity index (χ0n) is 8.37. The van der Waals surface area contributed by atoms with Crippen molar-refractivity contribution in [2.75, 3.05) is 0 Å². The Bertz CT molecular complexity index is 387. The summed E-state index contributed by atoms with van der Waals surface area (Å²) in [5.41, 5.74) is 0.930. The highest BCUT2D eigenvalue weighted by atomic mass is 79.9. The minimum atomic E-state index is -0.0276. The molecule has 0 aromatic heterocycles. The van der Waals surface area contributed by atoms with E-state index in [1.54, 1.807) is 12.1 Å². The van der Waals surface area contributed by atoms with Crippen molar-refractivity contribution in [3.05, 3.63) is 28.2 Å². The number of hydrogen-bond acceptors (Lipinski definition) is 2. The standard InChI is InChI=1S/C12H13BrO2/c13-12-9(5-3-7-11(12)15)8-4-1-2-6-10(8)14/h3,5,7-8,15H,1-2,4,6H2. The van der Waals surface area contributed by atoms with Crippen LogP contribution in [0.25, 0.3) is 0 Å². The zero-order valence-corrected chi connectivity index (χ0v) is 9.96. The van der Waals surface area contributed by atoms with Gasteiger partial charge < -0.3 is 5.11 Å². The summed E-state index contributed by atoms with van der Waals surface area (Å²) in [7, 11) is 0. The molecule has 2 rings (SSSR count). The summed E-state index contributed by atoms with van der Waals surface area (Å²) in [5, 5.41) is 9.56. The molecule has 0 heterocycles. The first-order valence-electron chi connectivity index (χ1n) is 5.20. The molecule has 1 saturated carbocycles. The van der Waals surface area contributed by atoms with Gasteiger partial charge in [0.05, 0.1) is 4.47 Å². The van der Waals surface area contributed by atoms with Gasteiger partial charge in [0.2, 0.25) is 0 Å². The van der Waals surface area contributed by atoms with E-state index in [1.165, 1.54) is 0 Å². The number of phenols is 1. The molecule has 1 aromatic rings. The average molecular weight is 269 g/mol. The van der Waals surface area contributed by atoms with Crippen LogP contribution < -0.4 is 0 Å². The topological polar surface area (TPSA) is 37.3 Å². The summed E-state index contributed by atoms with van der Waals surface area (Å²) >= 11 is 3.34. The number of aromatic hydroxyl groups is 1. The molecule has 0 aliphatic heterocycles. The maximum atomic E-state index is 11.8. The van der Waals surface area contributed by atoms with Gasteiger partial charge in [0.1, 0.15) is 11.5 Å². The Morgan fingerprint density at radius 3 is 2.87 bits per heavy atom. The smallest absolute Gasteiger partial charge is 0.140 e. The van der Waals surface area contributed by atoms with E-state index in [1.807, 2.05) is 6.07 Å². The molecule has 0 amide bonds. The van der Waals surface area contributed by atoms with Gasteiger partial charge in [0, 0.05) is 12.3 Å². The van der Waals surface area contributed by atoms with E-state index in [0.717, 1.165) is 24.8 Å². The lowest BCUT2D eigenvalue weighted by Crippen LogP contribution is -2.17. The number of hydrogen-bond donors (Lipinski definition) is 1. The molecule has 15 heavy (non-hydrogen) atoms. The van der Waals surface area contributed by atoms with Crippen molar-refractivity contribution in [2.45, 2.75) is 31.6 Å².